The zero-order valence-electron chi connectivity index (χ0n) is 11.1. The van der Waals surface area contributed by atoms with E-state index in [1.807, 2.05) is 0 Å². The number of halogens is 2. The maximum absolute atomic E-state index is 13.5. The number of hydrogen-bond donors (Lipinski definition) is 2. The molecule has 0 saturated heterocycles. The van der Waals surface area contributed by atoms with Crippen LogP contribution in [0.25, 0.3) is 0 Å². The Balaban J connectivity index is 3.17. The fourth-order valence-corrected chi connectivity index (χ4v) is 1.32. The smallest absolute Gasteiger partial charge is 0.305 e. The van der Waals surface area contributed by atoms with Gasteiger partial charge in [0.1, 0.15) is 5.82 Å². The molecule has 2 N–H and O–H groups in total. The van der Waals surface area contributed by atoms with Gasteiger partial charge in [-0.25, -0.2) is 4.39 Å². The van der Waals surface area contributed by atoms with Crippen LogP contribution in [0.15, 0.2) is 12.1 Å². The first-order valence-corrected chi connectivity index (χ1v) is 5.70. The normalized spacial score (nSPS) is 12.9. The summed E-state index contributed by atoms with van der Waals surface area (Å²) in [5.41, 5.74) is -2.73. The molecule has 8 heteroatoms. The Hall–Kier alpha value is -2.09. The summed E-state index contributed by atoms with van der Waals surface area (Å²) < 4.78 is 26.7. The second kappa shape index (κ2) is 5.49. The molecule has 0 aliphatic rings. The maximum Gasteiger partial charge on any atom is 0.305 e. The van der Waals surface area contributed by atoms with Crippen LogP contribution in [-0.4, -0.2) is 27.6 Å². The zero-order chi connectivity index (χ0) is 15.7. The molecule has 0 bridgehead atoms. The first-order chi connectivity index (χ1) is 9.06. The van der Waals surface area contributed by atoms with E-state index in [0.717, 1.165) is 0 Å². The van der Waals surface area contributed by atoms with Gasteiger partial charge in [-0.15, -0.1) is 0 Å². The molecule has 0 heterocycles. The highest BCUT2D eigenvalue weighted by molar-refractivity contribution is 5.95. The van der Waals surface area contributed by atoms with Crippen LogP contribution < -0.4 is 5.32 Å². The van der Waals surface area contributed by atoms with Crippen molar-refractivity contribution >= 4 is 11.6 Å². The van der Waals surface area contributed by atoms with Gasteiger partial charge in [-0.1, -0.05) is 0 Å². The molecule has 0 saturated carbocycles. The molecule has 0 aliphatic carbocycles. The van der Waals surface area contributed by atoms with Crippen LogP contribution in [0.3, 0.4) is 0 Å². The molecule has 1 unspecified atom stereocenters. The number of aliphatic hydroxyl groups is 1. The number of hydrogen-bond acceptors (Lipinski definition) is 4. The number of rotatable bonds is 4. The first kappa shape index (κ1) is 16.0. The van der Waals surface area contributed by atoms with E-state index in [-0.39, 0.29) is 6.07 Å². The number of amides is 1. The number of aliphatic hydroxyl groups excluding tert-OH is 1. The summed E-state index contributed by atoms with van der Waals surface area (Å²) in [5, 5.41) is 22.4. The average molecular weight is 288 g/mol. The molecule has 1 amide bonds. The molecule has 0 spiro atoms. The van der Waals surface area contributed by atoms with Crippen molar-refractivity contribution in [2.24, 2.45) is 0 Å². The van der Waals surface area contributed by atoms with Crippen LogP contribution in [0, 0.1) is 21.7 Å². The van der Waals surface area contributed by atoms with Gasteiger partial charge in [-0.05, 0) is 20.8 Å². The van der Waals surface area contributed by atoms with Crippen molar-refractivity contribution in [1.82, 2.24) is 5.32 Å². The summed E-state index contributed by atoms with van der Waals surface area (Å²) in [6.07, 6.45) is -0.940. The summed E-state index contributed by atoms with van der Waals surface area (Å²) in [6, 6.07) is 0.806. The van der Waals surface area contributed by atoms with Gasteiger partial charge in [-0.2, -0.15) is 4.39 Å². The van der Waals surface area contributed by atoms with Crippen LogP contribution in [-0.2, 0) is 0 Å². The Labute approximate surface area is 113 Å². The monoisotopic (exact) mass is 288 g/mol. The Bertz CT molecular complexity index is 559. The van der Waals surface area contributed by atoms with E-state index < -0.39 is 45.4 Å². The minimum absolute atomic E-state index is 0.280. The zero-order valence-corrected chi connectivity index (χ0v) is 11.1. The summed E-state index contributed by atoms with van der Waals surface area (Å²) in [7, 11) is 0. The fourth-order valence-electron chi connectivity index (χ4n) is 1.32. The summed E-state index contributed by atoms with van der Waals surface area (Å²) in [4.78, 5) is 21.4. The van der Waals surface area contributed by atoms with Crippen molar-refractivity contribution in [3.05, 3.63) is 39.4 Å². The molecule has 1 aromatic carbocycles. The lowest BCUT2D eigenvalue weighted by Gasteiger charge is -2.29. The summed E-state index contributed by atoms with van der Waals surface area (Å²) in [5.74, 6) is -3.55. The largest absolute Gasteiger partial charge is 0.391 e. The Kier molecular flexibility index (Phi) is 4.39. The van der Waals surface area contributed by atoms with Crippen LogP contribution in [0.5, 0.6) is 0 Å². The molecule has 0 fully saturated rings. The third kappa shape index (κ3) is 3.27. The van der Waals surface area contributed by atoms with Gasteiger partial charge in [0.15, 0.2) is 0 Å². The molecule has 1 rings (SSSR count). The predicted octanol–water partition coefficient (Wildman–Crippen LogP) is 1.76. The average Bonchev–Trinajstić information content (AvgIpc) is 2.27. The number of benzene rings is 1. The van der Waals surface area contributed by atoms with E-state index in [1.165, 1.54) is 20.8 Å². The minimum Gasteiger partial charge on any atom is -0.391 e. The van der Waals surface area contributed by atoms with Gasteiger partial charge < -0.3 is 10.4 Å². The van der Waals surface area contributed by atoms with Gasteiger partial charge in [0.2, 0.25) is 5.82 Å². The standard InChI is InChI=1S/C12H14F2N2O4/c1-6(17)12(2,3)15-11(18)7-4-10(16(19)20)9(14)5-8(7)13/h4-6,17H,1-3H3,(H,15,18). The maximum atomic E-state index is 13.5. The second-order valence-corrected chi connectivity index (χ2v) is 4.89. The number of nitrogens with one attached hydrogen (secondary N) is 1. The lowest BCUT2D eigenvalue weighted by molar-refractivity contribution is -0.387. The van der Waals surface area contributed by atoms with E-state index in [2.05, 4.69) is 5.32 Å². The lowest BCUT2D eigenvalue weighted by atomic mass is 9.98. The number of nitro groups is 1. The molecule has 0 radical (unpaired) electrons. The highest BCUT2D eigenvalue weighted by Gasteiger charge is 2.29. The van der Waals surface area contributed by atoms with E-state index in [4.69, 9.17) is 0 Å². The third-order valence-electron chi connectivity index (χ3n) is 2.96. The summed E-state index contributed by atoms with van der Waals surface area (Å²) in [6.45, 7) is 4.40. The molecule has 0 aliphatic heterocycles. The highest BCUT2D eigenvalue weighted by atomic mass is 19.1. The topological polar surface area (TPSA) is 92.5 Å². The van der Waals surface area contributed by atoms with E-state index in [9.17, 15) is 28.8 Å². The van der Waals surface area contributed by atoms with Crippen LogP contribution in [0.4, 0.5) is 14.5 Å². The van der Waals surface area contributed by atoms with Gasteiger partial charge in [0.25, 0.3) is 5.91 Å². The molecular weight excluding hydrogens is 274 g/mol. The van der Waals surface area contributed by atoms with Crippen molar-refractivity contribution in [2.75, 3.05) is 0 Å². The number of carbonyl (C=O) groups is 1. The molecule has 6 nitrogen and oxygen atoms in total. The molecule has 20 heavy (non-hydrogen) atoms. The van der Waals surface area contributed by atoms with Gasteiger partial charge >= 0.3 is 5.69 Å². The van der Waals surface area contributed by atoms with Gasteiger partial charge in [-0.3, -0.25) is 14.9 Å². The van der Waals surface area contributed by atoms with E-state index in [0.29, 0.717) is 6.07 Å². The van der Waals surface area contributed by atoms with Crippen LogP contribution in [0.2, 0.25) is 0 Å². The van der Waals surface area contributed by atoms with Crippen LogP contribution >= 0.6 is 0 Å². The molecular formula is C12H14F2N2O4. The summed E-state index contributed by atoms with van der Waals surface area (Å²) >= 11 is 0. The Morgan fingerprint density at radius 2 is 1.95 bits per heavy atom. The van der Waals surface area contributed by atoms with Crippen molar-refractivity contribution in [3.63, 3.8) is 0 Å². The quantitative estimate of drug-likeness (QED) is 0.652. The van der Waals surface area contributed by atoms with E-state index >= 15 is 0 Å². The Morgan fingerprint density at radius 1 is 1.40 bits per heavy atom. The molecule has 0 aromatic heterocycles. The van der Waals surface area contributed by atoms with Crippen molar-refractivity contribution in [2.45, 2.75) is 32.4 Å². The predicted molar refractivity (Wildman–Crippen MR) is 66.2 cm³/mol. The van der Waals surface area contributed by atoms with Crippen LogP contribution in [0.1, 0.15) is 31.1 Å². The van der Waals surface area contributed by atoms with Crippen molar-refractivity contribution < 1.29 is 23.6 Å². The Morgan fingerprint density at radius 3 is 2.40 bits per heavy atom. The first-order valence-electron chi connectivity index (χ1n) is 5.70. The molecule has 110 valence electrons. The lowest BCUT2D eigenvalue weighted by Crippen LogP contribution is -2.51. The van der Waals surface area contributed by atoms with Gasteiger partial charge in [0, 0.05) is 12.1 Å². The van der Waals surface area contributed by atoms with Crippen molar-refractivity contribution in [3.8, 4) is 0 Å². The second-order valence-electron chi connectivity index (χ2n) is 4.89. The highest BCUT2D eigenvalue weighted by Crippen LogP contribution is 2.22. The fraction of sp³-hybridized carbons (Fsp3) is 0.417. The number of nitro benzene ring substituents is 1. The minimum atomic E-state index is -1.36. The van der Waals surface area contributed by atoms with Crippen molar-refractivity contribution in [1.29, 1.82) is 0 Å². The van der Waals surface area contributed by atoms with E-state index in [1.54, 1.807) is 0 Å². The van der Waals surface area contributed by atoms with Gasteiger partial charge in [0.05, 0.1) is 22.1 Å². The number of nitrogens with zero attached hydrogens (tertiary/aromatic N) is 1. The molecule has 1 aromatic rings. The number of carbonyl (C=O) groups excluding carboxylic acids is 1. The molecule has 1 atom stereocenters. The SMILES string of the molecule is CC(O)C(C)(C)NC(=O)c1cc([N+](=O)[O-])c(F)cc1F. The third-order valence-corrected chi connectivity index (χ3v) is 2.96.